The maximum Gasteiger partial charge on any atom is 0.417 e. The first kappa shape index (κ1) is 26.2. The van der Waals surface area contributed by atoms with Crippen LogP contribution in [-0.2, 0) is 24.1 Å². The lowest BCUT2D eigenvalue weighted by Gasteiger charge is -2.27. The van der Waals surface area contributed by atoms with Crippen LogP contribution >= 0.6 is 0 Å². The van der Waals surface area contributed by atoms with Crippen LogP contribution in [0, 0.1) is 37.0 Å². The molecule has 1 saturated carbocycles. The van der Waals surface area contributed by atoms with Gasteiger partial charge in [0.15, 0.2) is 0 Å². The largest absolute Gasteiger partial charge is 0.481 e. The molecule has 3 aromatic rings. The molecule has 0 bridgehead atoms. The number of rotatable bonds is 5. The van der Waals surface area contributed by atoms with Gasteiger partial charge in [0.25, 0.3) is 5.56 Å². The van der Waals surface area contributed by atoms with Gasteiger partial charge in [0.1, 0.15) is 6.07 Å². The van der Waals surface area contributed by atoms with Crippen molar-refractivity contribution in [3.05, 3.63) is 79.0 Å². The van der Waals surface area contributed by atoms with Gasteiger partial charge in [-0.05, 0) is 74.3 Å². The highest BCUT2D eigenvalue weighted by Gasteiger charge is 2.34. The molecule has 0 saturated heterocycles. The number of halogens is 3. The summed E-state index contributed by atoms with van der Waals surface area (Å²) in [7, 11) is 0. The van der Waals surface area contributed by atoms with Crippen LogP contribution < -0.4 is 11.2 Å². The molecule has 1 heterocycles. The summed E-state index contributed by atoms with van der Waals surface area (Å²) in [4.78, 5) is 38.5. The van der Waals surface area contributed by atoms with Crippen LogP contribution in [0.3, 0.4) is 0 Å². The Hall–Kier alpha value is -3.87. The zero-order valence-electron chi connectivity index (χ0n) is 20.4. The fourth-order valence-electron chi connectivity index (χ4n) is 5.20. The summed E-state index contributed by atoms with van der Waals surface area (Å²) in [5.74, 6) is -1.39. The Balaban J connectivity index is 1.87. The molecule has 2 aromatic carbocycles. The third-order valence-electron chi connectivity index (χ3n) is 7.46. The highest BCUT2D eigenvalue weighted by Crippen LogP contribution is 2.33. The van der Waals surface area contributed by atoms with Crippen LogP contribution in [0.4, 0.5) is 13.2 Å². The summed E-state index contributed by atoms with van der Waals surface area (Å²) in [6.45, 7) is 3.33. The van der Waals surface area contributed by atoms with Crippen molar-refractivity contribution in [1.82, 2.24) is 9.13 Å². The van der Waals surface area contributed by atoms with Crippen molar-refractivity contribution in [3.8, 4) is 6.07 Å². The molecule has 194 valence electrons. The molecule has 1 aliphatic rings. The van der Waals surface area contributed by atoms with E-state index in [4.69, 9.17) is 0 Å². The van der Waals surface area contributed by atoms with Crippen molar-refractivity contribution >= 4 is 16.9 Å². The second-order valence-electron chi connectivity index (χ2n) is 9.69. The zero-order valence-corrected chi connectivity index (χ0v) is 20.4. The number of aliphatic carboxylic acids is 1. The number of nitrogens with zero attached hydrogens (tertiary/aromatic N) is 3. The minimum atomic E-state index is -4.74. The van der Waals surface area contributed by atoms with Gasteiger partial charge in [-0.15, -0.1) is 0 Å². The number of aromatic nitrogens is 2. The first-order chi connectivity index (χ1) is 17.4. The van der Waals surface area contributed by atoms with Gasteiger partial charge in [0, 0.05) is 6.54 Å². The van der Waals surface area contributed by atoms with Gasteiger partial charge in [-0.3, -0.25) is 18.7 Å². The van der Waals surface area contributed by atoms with Crippen LogP contribution in [0.1, 0.15) is 53.5 Å². The maximum atomic E-state index is 13.7. The van der Waals surface area contributed by atoms with Gasteiger partial charge < -0.3 is 5.11 Å². The van der Waals surface area contributed by atoms with Crippen LogP contribution in [0.5, 0.6) is 0 Å². The number of hydrogen-bond acceptors (Lipinski definition) is 4. The van der Waals surface area contributed by atoms with Crippen molar-refractivity contribution in [2.24, 2.45) is 11.8 Å². The topological polar surface area (TPSA) is 105 Å². The van der Waals surface area contributed by atoms with E-state index in [2.05, 4.69) is 0 Å². The van der Waals surface area contributed by atoms with Crippen molar-refractivity contribution in [3.63, 3.8) is 0 Å². The summed E-state index contributed by atoms with van der Waals surface area (Å²) < 4.78 is 43.0. The smallest absolute Gasteiger partial charge is 0.417 e. The molecular weight excluding hydrogens is 487 g/mol. The molecule has 0 atom stereocenters. The number of hydrogen-bond donors (Lipinski definition) is 1. The van der Waals surface area contributed by atoms with Gasteiger partial charge in [-0.2, -0.15) is 18.4 Å². The number of alkyl halides is 3. The van der Waals surface area contributed by atoms with E-state index in [9.17, 15) is 37.9 Å². The molecular formula is C27H26F3N3O4. The SMILES string of the molecule is Cc1ccc2c(c1C)c(=O)n(C[C@H]1CC[C@H](C(=O)O)CC1)c(=O)n2Cc1cccc(C(F)(F)F)c1C#N. The van der Waals surface area contributed by atoms with E-state index in [1.165, 1.54) is 16.7 Å². The molecule has 1 aliphatic carbocycles. The Morgan fingerprint density at radius 1 is 1.08 bits per heavy atom. The van der Waals surface area contributed by atoms with E-state index >= 15 is 0 Å². The minimum absolute atomic E-state index is 0.0196. The first-order valence-electron chi connectivity index (χ1n) is 12.0. The minimum Gasteiger partial charge on any atom is -0.481 e. The second kappa shape index (κ2) is 9.88. The average Bonchev–Trinajstić information content (AvgIpc) is 2.85. The molecule has 1 aromatic heterocycles. The van der Waals surface area contributed by atoms with Gasteiger partial charge in [0.05, 0.1) is 34.5 Å². The van der Waals surface area contributed by atoms with E-state index < -0.39 is 40.4 Å². The average molecular weight is 514 g/mol. The lowest BCUT2D eigenvalue weighted by Crippen LogP contribution is -2.42. The molecule has 0 spiro atoms. The number of benzene rings is 2. The number of carbonyl (C=O) groups is 1. The van der Waals surface area contributed by atoms with Crippen molar-refractivity contribution in [1.29, 1.82) is 5.26 Å². The number of carboxylic acids is 1. The van der Waals surface area contributed by atoms with E-state index in [1.54, 1.807) is 25.1 Å². The Morgan fingerprint density at radius 3 is 2.35 bits per heavy atom. The molecule has 0 aliphatic heterocycles. The molecule has 37 heavy (non-hydrogen) atoms. The van der Waals surface area contributed by atoms with Crippen LogP contribution in [-0.4, -0.2) is 20.2 Å². The third kappa shape index (κ3) is 4.90. The summed E-state index contributed by atoms with van der Waals surface area (Å²) in [6.07, 6.45) is -2.76. The standard InChI is InChI=1S/C27H26F3N3O4/c1-15-6-11-22-23(16(15)2)24(34)33(13-17-7-9-18(10-8-17)25(35)36)26(37)32(22)14-19-4-3-5-21(20(19)12-31)27(28,29)30/h3-6,11,17-18H,7-10,13-14H2,1-2H3,(H,35,36)/t17-,18-. The molecule has 10 heteroatoms. The fraction of sp³-hybridized carbons (Fsp3) is 0.407. The molecule has 7 nitrogen and oxygen atoms in total. The Kier molecular flexibility index (Phi) is 7.00. The van der Waals surface area contributed by atoms with Crippen molar-refractivity contribution in [2.45, 2.75) is 58.8 Å². The first-order valence-corrected chi connectivity index (χ1v) is 12.0. The van der Waals surface area contributed by atoms with E-state index in [0.717, 1.165) is 16.2 Å². The Labute approximate surface area is 210 Å². The summed E-state index contributed by atoms with van der Waals surface area (Å²) in [5.41, 5.74) is -1.03. The van der Waals surface area contributed by atoms with Gasteiger partial charge >= 0.3 is 17.8 Å². The molecule has 1 N–H and O–H groups in total. The second-order valence-corrected chi connectivity index (χ2v) is 9.69. The van der Waals surface area contributed by atoms with Crippen LogP contribution in [0.15, 0.2) is 39.9 Å². The third-order valence-corrected chi connectivity index (χ3v) is 7.46. The number of nitriles is 1. The summed E-state index contributed by atoms with van der Waals surface area (Å²) in [5, 5.41) is 19.1. The summed E-state index contributed by atoms with van der Waals surface area (Å²) >= 11 is 0. The molecule has 0 unspecified atom stereocenters. The van der Waals surface area contributed by atoms with Gasteiger partial charge in [-0.1, -0.05) is 18.2 Å². The quantitative estimate of drug-likeness (QED) is 0.537. The van der Waals surface area contributed by atoms with E-state index in [-0.39, 0.29) is 30.1 Å². The number of carboxylic acid groups (broad SMARTS) is 1. The fourth-order valence-corrected chi connectivity index (χ4v) is 5.20. The summed E-state index contributed by atoms with van der Waals surface area (Å²) in [6, 6.07) is 8.36. The van der Waals surface area contributed by atoms with E-state index in [1.807, 2.05) is 6.92 Å². The Morgan fingerprint density at radius 2 is 1.76 bits per heavy atom. The van der Waals surface area contributed by atoms with Crippen molar-refractivity contribution < 1.29 is 23.1 Å². The normalized spacial score (nSPS) is 18.1. The lowest BCUT2D eigenvalue weighted by molar-refractivity contribution is -0.143. The predicted octanol–water partition coefficient (Wildman–Crippen LogP) is 4.61. The van der Waals surface area contributed by atoms with E-state index in [0.29, 0.717) is 36.6 Å². The number of aryl methyl sites for hydroxylation is 2. The zero-order chi connectivity index (χ0) is 27.1. The monoisotopic (exact) mass is 513 g/mol. The highest BCUT2D eigenvalue weighted by atomic mass is 19.4. The Bertz CT molecular complexity index is 1540. The molecule has 0 amide bonds. The molecule has 1 fully saturated rings. The molecule has 4 rings (SSSR count). The lowest BCUT2D eigenvalue weighted by atomic mass is 9.82. The van der Waals surface area contributed by atoms with Gasteiger partial charge in [0.2, 0.25) is 0 Å². The van der Waals surface area contributed by atoms with Crippen molar-refractivity contribution in [2.75, 3.05) is 0 Å². The predicted molar refractivity (Wildman–Crippen MR) is 130 cm³/mol. The highest BCUT2D eigenvalue weighted by molar-refractivity contribution is 5.83. The van der Waals surface area contributed by atoms with Crippen LogP contribution in [0.2, 0.25) is 0 Å². The van der Waals surface area contributed by atoms with Crippen LogP contribution in [0.25, 0.3) is 10.9 Å². The number of fused-ring (bicyclic) bond motifs is 1. The maximum absolute atomic E-state index is 13.7. The van der Waals surface area contributed by atoms with Gasteiger partial charge in [-0.25, -0.2) is 4.79 Å². The molecule has 0 radical (unpaired) electrons.